The molecule has 1 amide bonds. The second-order valence-corrected chi connectivity index (χ2v) is 5.29. The van der Waals surface area contributed by atoms with Gasteiger partial charge in [0, 0.05) is 6.42 Å². The van der Waals surface area contributed by atoms with E-state index in [2.05, 4.69) is 55.6 Å². The predicted molar refractivity (Wildman–Crippen MR) is 64.9 cm³/mol. The van der Waals surface area contributed by atoms with Gasteiger partial charge in [-0.2, -0.15) is 0 Å². The van der Waals surface area contributed by atoms with Gasteiger partial charge in [0.1, 0.15) is 0 Å². The second-order valence-electron chi connectivity index (χ2n) is 3.95. The van der Waals surface area contributed by atoms with E-state index in [1.165, 1.54) is 0 Å². The lowest BCUT2D eigenvalue weighted by Gasteiger charge is -2.18. The Morgan fingerprint density at radius 3 is 2.31 bits per heavy atom. The molecule has 0 saturated heterocycles. The molecule has 0 spiro atoms. The number of carbonyl (C=O) groups excluding carboxylic acids is 1. The van der Waals surface area contributed by atoms with Crippen LogP contribution < -0.4 is 5.32 Å². The van der Waals surface area contributed by atoms with Crippen molar-refractivity contribution in [2.24, 2.45) is 11.8 Å². The van der Waals surface area contributed by atoms with Gasteiger partial charge >= 0.3 is 0 Å². The van der Waals surface area contributed by atoms with Crippen LogP contribution in [-0.4, -0.2) is 9.96 Å². The Morgan fingerprint density at radius 1 is 1.38 bits per heavy atom. The van der Waals surface area contributed by atoms with Crippen LogP contribution in [0.25, 0.3) is 0 Å². The monoisotopic (exact) mass is 297 g/mol. The van der Waals surface area contributed by atoms with E-state index < -0.39 is 0 Å². The van der Waals surface area contributed by atoms with Crippen molar-refractivity contribution in [1.82, 2.24) is 5.32 Å². The topological polar surface area (TPSA) is 29.1 Å². The number of nitrogens with one attached hydrogen (secondary N) is 1. The summed E-state index contributed by atoms with van der Waals surface area (Å²) >= 11 is 2.30. The molecule has 0 bridgehead atoms. The Hall–Kier alpha value is 0.200. The quantitative estimate of drug-likeness (QED) is 0.472. The molecule has 0 aromatic carbocycles. The van der Waals surface area contributed by atoms with Gasteiger partial charge in [0.2, 0.25) is 5.91 Å². The van der Waals surface area contributed by atoms with E-state index in [4.69, 9.17) is 0 Å². The summed E-state index contributed by atoms with van der Waals surface area (Å²) < 4.78 is 0.272. The van der Waals surface area contributed by atoms with Crippen molar-refractivity contribution in [3.63, 3.8) is 0 Å². The minimum atomic E-state index is 0.176. The summed E-state index contributed by atoms with van der Waals surface area (Å²) in [6.45, 7) is 8.42. The number of halogens is 1. The molecule has 0 rings (SSSR count). The molecule has 0 fully saturated rings. The first-order valence-electron chi connectivity index (χ1n) is 4.90. The molecule has 3 heteroatoms. The summed E-state index contributed by atoms with van der Waals surface area (Å²) in [5, 5.41) is 3.01. The Bertz CT molecular complexity index is 159. The standard InChI is InChI=1S/C10H20INO/c1-5-8(4)10(11)12-9(13)6-7(2)3/h7-8,10H,5-6H2,1-4H3,(H,12,13)/t8?,10-/m0/s1. The average molecular weight is 297 g/mol. The van der Waals surface area contributed by atoms with Crippen LogP contribution in [0.1, 0.15) is 40.5 Å². The minimum absolute atomic E-state index is 0.176. The molecule has 2 nitrogen and oxygen atoms in total. The molecule has 1 unspecified atom stereocenters. The first kappa shape index (κ1) is 13.2. The highest BCUT2D eigenvalue weighted by Gasteiger charge is 2.14. The third-order valence-corrected chi connectivity index (χ3v) is 3.58. The van der Waals surface area contributed by atoms with E-state index in [0.717, 1.165) is 6.42 Å². The highest BCUT2D eigenvalue weighted by Crippen LogP contribution is 2.14. The fraction of sp³-hybridized carbons (Fsp3) is 0.900. The van der Waals surface area contributed by atoms with Crippen molar-refractivity contribution in [2.45, 2.75) is 44.6 Å². The lowest BCUT2D eigenvalue weighted by Crippen LogP contribution is -2.35. The highest BCUT2D eigenvalue weighted by atomic mass is 127. The van der Waals surface area contributed by atoms with Crippen LogP contribution in [0.15, 0.2) is 0 Å². The fourth-order valence-corrected chi connectivity index (χ4v) is 1.79. The van der Waals surface area contributed by atoms with Gasteiger partial charge in [0.15, 0.2) is 0 Å². The van der Waals surface area contributed by atoms with Crippen LogP contribution >= 0.6 is 22.6 Å². The molecule has 0 aromatic heterocycles. The number of hydrogen-bond donors (Lipinski definition) is 1. The first-order chi connectivity index (χ1) is 5.97. The van der Waals surface area contributed by atoms with Gasteiger partial charge in [0.05, 0.1) is 4.05 Å². The Kier molecular flexibility index (Phi) is 6.73. The summed E-state index contributed by atoms with van der Waals surface area (Å²) in [6, 6.07) is 0. The van der Waals surface area contributed by atoms with Crippen molar-refractivity contribution in [1.29, 1.82) is 0 Å². The molecule has 0 aliphatic heterocycles. The van der Waals surface area contributed by atoms with Gasteiger partial charge in [-0.3, -0.25) is 4.79 Å². The van der Waals surface area contributed by atoms with Crippen LogP contribution in [0.4, 0.5) is 0 Å². The maximum Gasteiger partial charge on any atom is 0.221 e. The van der Waals surface area contributed by atoms with E-state index in [-0.39, 0.29) is 9.96 Å². The molecule has 78 valence electrons. The summed E-state index contributed by atoms with van der Waals surface area (Å²) in [7, 11) is 0. The number of hydrogen-bond acceptors (Lipinski definition) is 1. The summed E-state index contributed by atoms with van der Waals surface area (Å²) in [5.41, 5.74) is 0. The zero-order chi connectivity index (χ0) is 10.4. The lowest BCUT2D eigenvalue weighted by atomic mass is 10.1. The van der Waals surface area contributed by atoms with E-state index in [0.29, 0.717) is 18.3 Å². The van der Waals surface area contributed by atoms with Crippen molar-refractivity contribution in [2.75, 3.05) is 0 Å². The molecular formula is C10H20INO. The first-order valence-corrected chi connectivity index (χ1v) is 6.15. The fourth-order valence-electron chi connectivity index (χ4n) is 0.933. The molecule has 0 aliphatic rings. The summed E-state index contributed by atoms with van der Waals surface area (Å²) in [5.74, 6) is 1.17. The van der Waals surface area contributed by atoms with Gasteiger partial charge in [-0.1, -0.05) is 56.7 Å². The zero-order valence-electron chi connectivity index (χ0n) is 8.93. The zero-order valence-corrected chi connectivity index (χ0v) is 11.1. The number of alkyl halides is 1. The number of rotatable bonds is 5. The van der Waals surface area contributed by atoms with Crippen molar-refractivity contribution in [3.8, 4) is 0 Å². The Balaban J connectivity index is 3.77. The molecule has 13 heavy (non-hydrogen) atoms. The molecule has 0 aliphatic carbocycles. The molecule has 0 saturated carbocycles. The van der Waals surface area contributed by atoms with Crippen LogP contribution in [0.5, 0.6) is 0 Å². The Labute approximate surface area is 95.0 Å². The maximum absolute atomic E-state index is 11.4. The van der Waals surface area contributed by atoms with Crippen molar-refractivity contribution < 1.29 is 4.79 Å². The van der Waals surface area contributed by atoms with Crippen LogP contribution in [0.2, 0.25) is 0 Å². The normalized spacial score (nSPS) is 15.5. The third kappa shape index (κ3) is 6.29. The summed E-state index contributed by atoms with van der Waals surface area (Å²) in [4.78, 5) is 11.4. The van der Waals surface area contributed by atoms with Gasteiger partial charge in [-0.05, 0) is 11.8 Å². The maximum atomic E-state index is 11.4. The molecule has 2 atom stereocenters. The van der Waals surface area contributed by atoms with E-state index in [1.54, 1.807) is 0 Å². The Morgan fingerprint density at radius 2 is 1.92 bits per heavy atom. The van der Waals surface area contributed by atoms with Gasteiger partial charge in [-0.15, -0.1) is 0 Å². The van der Waals surface area contributed by atoms with Gasteiger partial charge < -0.3 is 5.32 Å². The van der Waals surface area contributed by atoms with Crippen molar-refractivity contribution >= 4 is 28.5 Å². The largest absolute Gasteiger partial charge is 0.344 e. The SMILES string of the molecule is CCC(C)[C@@H](I)NC(=O)CC(C)C. The molecule has 0 radical (unpaired) electrons. The predicted octanol–water partition coefficient (Wildman–Crippen LogP) is 2.96. The highest BCUT2D eigenvalue weighted by molar-refractivity contribution is 14.1. The second kappa shape index (κ2) is 6.62. The van der Waals surface area contributed by atoms with Crippen LogP contribution in [0, 0.1) is 11.8 Å². The van der Waals surface area contributed by atoms with Crippen LogP contribution in [0.3, 0.4) is 0 Å². The van der Waals surface area contributed by atoms with E-state index >= 15 is 0 Å². The molecular weight excluding hydrogens is 277 g/mol. The summed E-state index contributed by atoms with van der Waals surface area (Å²) in [6.07, 6.45) is 1.74. The minimum Gasteiger partial charge on any atom is -0.344 e. The van der Waals surface area contributed by atoms with E-state index in [1.807, 2.05) is 0 Å². The van der Waals surface area contributed by atoms with Gasteiger partial charge in [-0.25, -0.2) is 0 Å². The van der Waals surface area contributed by atoms with E-state index in [9.17, 15) is 4.79 Å². The molecule has 0 aromatic rings. The third-order valence-electron chi connectivity index (χ3n) is 2.04. The van der Waals surface area contributed by atoms with Crippen LogP contribution in [-0.2, 0) is 4.79 Å². The van der Waals surface area contributed by atoms with Crippen molar-refractivity contribution in [3.05, 3.63) is 0 Å². The molecule has 0 heterocycles. The average Bonchev–Trinajstić information content (AvgIpc) is 2.01. The smallest absolute Gasteiger partial charge is 0.221 e. The lowest BCUT2D eigenvalue weighted by molar-refractivity contribution is -0.122. The van der Waals surface area contributed by atoms with Gasteiger partial charge in [0.25, 0.3) is 0 Å². The number of carbonyl (C=O) groups is 1. The number of amides is 1. The molecule has 1 N–H and O–H groups in total.